The van der Waals surface area contributed by atoms with Gasteiger partial charge in [0.1, 0.15) is 6.07 Å². The third-order valence-corrected chi connectivity index (χ3v) is 5.30. The van der Waals surface area contributed by atoms with Crippen LogP contribution in [0.5, 0.6) is 0 Å². The normalized spacial score (nSPS) is 19.8. The number of alkyl carbamates (subject to hydrolysis) is 1. The molecule has 8 nitrogen and oxygen atoms in total. The van der Waals surface area contributed by atoms with Gasteiger partial charge >= 0.3 is 6.09 Å². The highest BCUT2D eigenvalue weighted by molar-refractivity contribution is 5.96. The summed E-state index contributed by atoms with van der Waals surface area (Å²) >= 11 is 0. The summed E-state index contributed by atoms with van der Waals surface area (Å²) in [5, 5.41) is 15.1. The van der Waals surface area contributed by atoms with E-state index in [1.807, 2.05) is 57.2 Å². The molecule has 1 saturated heterocycles. The molecule has 3 amide bonds. The summed E-state index contributed by atoms with van der Waals surface area (Å²) in [6.07, 6.45) is 0.0951. The average Bonchev–Trinajstić information content (AvgIpc) is 2.91. The number of rotatable bonds is 8. The number of amides is 3. The number of ether oxygens (including phenoxy) is 1. The number of benzene rings is 1. The van der Waals surface area contributed by atoms with Crippen LogP contribution in [0, 0.1) is 17.2 Å². The Bertz CT molecular complexity index is 806. The van der Waals surface area contributed by atoms with E-state index in [0.717, 1.165) is 12.0 Å². The van der Waals surface area contributed by atoms with E-state index in [-0.39, 0.29) is 25.3 Å². The molecule has 0 radical (unpaired) electrons. The van der Waals surface area contributed by atoms with Gasteiger partial charge < -0.3 is 20.3 Å². The molecule has 2 rings (SSSR count). The van der Waals surface area contributed by atoms with Crippen molar-refractivity contribution < 1.29 is 19.1 Å². The van der Waals surface area contributed by atoms with Crippen molar-refractivity contribution in [2.75, 3.05) is 13.1 Å². The molecule has 0 aliphatic carbocycles. The van der Waals surface area contributed by atoms with Gasteiger partial charge in [-0.05, 0) is 44.1 Å². The first kappa shape index (κ1) is 24.2. The van der Waals surface area contributed by atoms with Gasteiger partial charge in [-0.1, -0.05) is 44.2 Å². The molecule has 0 aromatic heterocycles. The van der Waals surface area contributed by atoms with Crippen LogP contribution in [0.1, 0.15) is 52.0 Å². The molecule has 8 heteroatoms. The second-order valence-corrected chi connectivity index (χ2v) is 8.21. The average molecular weight is 429 g/mol. The van der Waals surface area contributed by atoms with E-state index in [1.165, 1.54) is 0 Å². The number of nitriles is 1. The number of nitrogens with zero attached hydrogens (tertiary/aromatic N) is 2. The molecule has 1 aliphatic rings. The Labute approximate surface area is 183 Å². The molecule has 2 atom stereocenters. The zero-order valence-electron chi connectivity index (χ0n) is 18.5. The number of carbonyl (C=O) groups excluding carboxylic acids is 3. The van der Waals surface area contributed by atoms with Crippen LogP contribution in [0.15, 0.2) is 30.3 Å². The molecule has 1 fully saturated rings. The summed E-state index contributed by atoms with van der Waals surface area (Å²) in [4.78, 5) is 39.9. The molecule has 1 aromatic rings. The Hall–Kier alpha value is -3.08. The summed E-state index contributed by atoms with van der Waals surface area (Å²) in [5.41, 5.74) is -0.737. The lowest BCUT2D eigenvalue weighted by Crippen LogP contribution is -2.60. The van der Waals surface area contributed by atoms with Crippen LogP contribution in [0.2, 0.25) is 0 Å². The monoisotopic (exact) mass is 428 g/mol. The molecular formula is C23H32N4O4. The van der Waals surface area contributed by atoms with Gasteiger partial charge in [-0.25, -0.2) is 4.79 Å². The minimum absolute atomic E-state index is 0.0627. The Kier molecular flexibility index (Phi) is 8.86. The zero-order chi connectivity index (χ0) is 22.9. The standard InChI is InChI=1S/C23H32N4O4/c1-4-27-13-9-8-12-23(16-24,21(27)29)26-20(28)19(14-17(2)3)31-22(30)25-15-18-10-6-5-7-11-18/h5-7,10-11,17,19H,4,8-9,12-15H2,1-3H3,(H,25,30)(H,26,28)/t19-,23?/m0/s1. The summed E-state index contributed by atoms with van der Waals surface area (Å²) in [6.45, 7) is 6.94. The summed E-state index contributed by atoms with van der Waals surface area (Å²) < 4.78 is 5.40. The fourth-order valence-electron chi connectivity index (χ4n) is 3.59. The number of hydrogen-bond donors (Lipinski definition) is 2. The predicted octanol–water partition coefficient (Wildman–Crippen LogP) is 2.74. The van der Waals surface area contributed by atoms with Crippen molar-refractivity contribution in [2.24, 2.45) is 5.92 Å². The van der Waals surface area contributed by atoms with E-state index >= 15 is 0 Å². The maximum Gasteiger partial charge on any atom is 0.408 e. The van der Waals surface area contributed by atoms with Crippen LogP contribution in [0.4, 0.5) is 4.79 Å². The molecule has 168 valence electrons. The van der Waals surface area contributed by atoms with Gasteiger partial charge in [-0.15, -0.1) is 0 Å². The minimum atomic E-state index is -1.64. The van der Waals surface area contributed by atoms with Crippen molar-refractivity contribution in [3.8, 4) is 6.07 Å². The predicted molar refractivity (Wildman–Crippen MR) is 116 cm³/mol. The lowest BCUT2D eigenvalue weighted by molar-refractivity contribution is -0.141. The Morgan fingerprint density at radius 3 is 2.58 bits per heavy atom. The Balaban J connectivity index is 2.09. The van der Waals surface area contributed by atoms with E-state index in [9.17, 15) is 19.6 Å². The topological polar surface area (TPSA) is 112 Å². The first-order chi connectivity index (χ1) is 14.8. The van der Waals surface area contributed by atoms with Crippen molar-refractivity contribution in [2.45, 2.75) is 64.6 Å². The van der Waals surface area contributed by atoms with Gasteiger partial charge in [-0.3, -0.25) is 9.59 Å². The molecule has 2 N–H and O–H groups in total. The van der Waals surface area contributed by atoms with Gasteiger partial charge in [-0.2, -0.15) is 5.26 Å². The fraction of sp³-hybridized carbons (Fsp3) is 0.565. The first-order valence-corrected chi connectivity index (χ1v) is 10.8. The number of likely N-dealkylation sites (tertiary alicyclic amines) is 1. The highest BCUT2D eigenvalue weighted by atomic mass is 16.6. The molecule has 0 saturated carbocycles. The summed E-state index contributed by atoms with van der Waals surface area (Å²) in [6, 6.07) is 11.4. The molecule has 1 aliphatic heterocycles. The van der Waals surface area contributed by atoms with Crippen molar-refractivity contribution in [3.63, 3.8) is 0 Å². The van der Waals surface area contributed by atoms with Crippen molar-refractivity contribution >= 4 is 17.9 Å². The minimum Gasteiger partial charge on any atom is -0.436 e. The molecule has 0 spiro atoms. The maximum atomic E-state index is 13.0. The third kappa shape index (κ3) is 6.71. The summed E-state index contributed by atoms with van der Waals surface area (Å²) in [7, 11) is 0. The van der Waals surface area contributed by atoms with E-state index in [2.05, 4.69) is 10.6 Å². The fourth-order valence-corrected chi connectivity index (χ4v) is 3.59. The van der Waals surface area contributed by atoms with Gasteiger partial charge in [0.15, 0.2) is 6.10 Å². The second-order valence-electron chi connectivity index (χ2n) is 8.21. The highest BCUT2D eigenvalue weighted by Crippen LogP contribution is 2.23. The smallest absolute Gasteiger partial charge is 0.408 e. The van der Waals surface area contributed by atoms with Crippen LogP contribution in [0.3, 0.4) is 0 Å². The molecule has 31 heavy (non-hydrogen) atoms. The maximum absolute atomic E-state index is 13.0. The lowest BCUT2D eigenvalue weighted by Gasteiger charge is -2.31. The van der Waals surface area contributed by atoms with E-state index < -0.39 is 29.6 Å². The first-order valence-electron chi connectivity index (χ1n) is 10.8. The molecular weight excluding hydrogens is 396 g/mol. The van der Waals surface area contributed by atoms with E-state index in [0.29, 0.717) is 19.5 Å². The number of hydrogen-bond acceptors (Lipinski definition) is 5. The number of nitrogens with one attached hydrogen (secondary N) is 2. The highest BCUT2D eigenvalue weighted by Gasteiger charge is 2.45. The third-order valence-electron chi connectivity index (χ3n) is 5.30. The van der Waals surface area contributed by atoms with Crippen molar-refractivity contribution in [1.82, 2.24) is 15.5 Å². The lowest BCUT2D eigenvalue weighted by atomic mass is 9.93. The van der Waals surface area contributed by atoms with Gasteiger partial charge in [0.2, 0.25) is 5.54 Å². The number of carbonyl (C=O) groups is 3. The van der Waals surface area contributed by atoms with Crippen LogP contribution >= 0.6 is 0 Å². The summed E-state index contributed by atoms with van der Waals surface area (Å²) in [5.74, 6) is -0.968. The van der Waals surface area contributed by atoms with Crippen LogP contribution in [0.25, 0.3) is 0 Å². The van der Waals surface area contributed by atoms with Gasteiger partial charge in [0, 0.05) is 19.6 Å². The van der Waals surface area contributed by atoms with Crippen LogP contribution < -0.4 is 10.6 Å². The Morgan fingerprint density at radius 2 is 1.97 bits per heavy atom. The zero-order valence-corrected chi connectivity index (χ0v) is 18.5. The molecule has 0 bridgehead atoms. The largest absolute Gasteiger partial charge is 0.436 e. The van der Waals surface area contributed by atoms with Gasteiger partial charge in [0.25, 0.3) is 11.8 Å². The quantitative estimate of drug-likeness (QED) is 0.661. The Morgan fingerprint density at radius 1 is 1.26 bits per heavy atom. The molecule has 1 aromatic carbocycles. The van der Waals surface area contributed by atoms with Crippen molar-refractivity contribution in [1.29, 1.82) is 5.26 Å². The second kappa shape index (κ2) is 11.3. The van der Waals surface area contributed by atoms with E-state index in [1.54, 1.807) is 4.90 Å². The molecule has 1 unspecified atom stereocenters. The van der Waals surface area contributed by atoms with Crippen LogP contribution in [-0.4, -0.2) is 47.5 Å². The van der Waals surface area contributed by atoms with Gasteiger partial charge in [0.05, 0.1) is 0 Å². The molecule has 1 heterocycles. The number of likely N-dealkylation sites (N-methyl/N-ethyl adjacent to an activating group) is 1. The van der Waals surface area contributed by atoms with Crippen LogP contribution in [-0.2, 0) is 20.9 Å². The SMILES string of the molecule is CCN1CCCCC(C#N)(NC(=O)[C@H](CC(C)C)OC(=O)NCc2ccccc2)C1=O. The van der Waals surface area contributed by atoms with Crippen molar-refractivity contribution in [3.05, 3.63) is 35.9 Å². The van der Waals surface area contributed by atoms with E-state index in [4.69, 9.17) is 4.74 Å².